The van der Waals surface area contributed by atoms with Crippen molar-refractivity contribution in [3.63, 3.8) is 0 Å². The van der Waals surface area contributed by atoms with Gasteiger partial charge in [-0.25, -0.2) is 9.18 Å². The number of ether oxygens (including phenoxy) is 1. The van der Waals surface area contributed by atoms with Gasteiger partial charge in [-0.1, -0.05) is 37.0 Å². The lowest BCUT2D eigenvalue weighted by Gasteiger charge is -2.41. The van der Waals surface area contributed by atoms with Crippen LogP contribution in [0, 0.1) is 12.7 Å². The van der Waals surface area contributed by atoms with Crippen LogP contribution in [0.15, 0.2) is 6.07 Å². The predicted octanol–water partition coefficient (Wildman–Crippen LogP) is 4.52. The first kappa shape index (κ1) is 25.5. The molecule has 1 aromatic rings. The number of benzene rings is 1. The molecule has 0 aromatic heterocycles. The third kappa shape index (κ3) is 6.20. The molecule has 0 aliphatic carbocycles. The number of aliphatic hydroxyl groups is 1. The van der Waals surface area contributed by atoms with Gasteiger partial charge in [-0.15, -0.1) is 0 Å². The average molecular weight is 451 g/mol. The van der Waals surface area contributed by atoms with E-state index in [0.717, 1.165) is 0 Å². The van der Waals surface area contributed by atoms with Gasteiger partial charge in [0.15, 0.2) is 5.82 Å². The second-order valence-electron chi connectivity index (χ2n) is 7.42. The lowest BCUT2D eigenvalue weighted by molar-refractivity contribution is -0.00255. The summed E-state index contributed by atoms with van der Waals surface area (Å²) in [5.74, 6) is -1.49. The van der Waals surface area contributed by atoms with Crippen LogP contribution in [0.3, 0.4) is 0 Å². The first-order valence-corrected chi connectivity index (χ1v) is 10.3. The van der Waals surface area contributed by atoms with E-state index in [1.165, 1.54) is 15.9 Å². The van der Waals surface area contributed by atoms with E-state index in [-0.39, 0.29) is 41.8 Å². The van der Waals surface area contributed by atoms with Gasteiger partial charge in [-0.3, -0.25) is 4.79 Å². The fraction of sp³-hybridized carbons (Fsp3) is 0.600. The second-order valence-corrected chi connectivity index (χ2v) is 8.21. The highest BCUT2D eigenvalue weighted by atomic mass is 35.5. The summed E-state index contributed by atoms with van der Waals surface area (Å²) in [6.45, 7) is 10.8. The van der Waals surface area contributed by atoms with Crippen LogP contribution in [0.2, 0.25) is 10.0 Å². The van der Waals surface area contributed by atoms with Crippen LogP contribution in [0.1, 0.15) is 50.5 Å². The molecule has 0 radical (unpaired) electrons. The van der Waals surface area contributed by atoms with Gasteiger partial charge in [0.2, 0.25) is 0 Å². The summed E-state index contributed by atoms with van der Waals surface area (Å²) in [5.41, 5.74) is -0.572. The first-order chi connectivity index (χ1) is 13.5. The number of rotatable bonds is 2. The van der Waals surface area contributed by atoms with E-state index in [4.69, 9.17) is 27.9 Å². The molecule has 1 saturated heterocycles. The van der Waals surface area contributed by atoms with E-state index in [0.29, 0.717) is 5.56 Å². The zero-order chi connectivity index (χ0) is 22.5. The molecule has 29 heavy (non-hydrogen) atoms. The molecule has 1 aliphatic rings. The molecule has 0 saturated carbocycles. The molecule has 1 aliphatic heterocycles. The van der Waals surface area contributed by atoms with Crippen molar-refractivity contribution in [2.24, 2.45) is 0 Å². The molecular formula is C20H29Cl2FN2O4. The van der Waals surface area contributed by atoms with Gasteiger partial charge in [0.05, 0.1) is 23.2 Å². The van der Waals surface area contributed by atoms with Gasteiger partial charge in [-0.05, 0) is 39.3 Å². The minimum atomic E-state index is -0.852. The summed E-state index contributed by atoms with van der Waals surface area (Å²) in [7, 11) is 0. The largest absolute Gasteiger partial charge is 0.444 e. The number of carbonyl (C=O) groups excluding carboxylic acids is 2. The third-order valence-corrected chi connectivity index (χ3v) is 5.07. The number of hydrogen-bond donors (Lipinski definition) is 1. The molecule has 1 heterocycles. The molecule has 1 aromatic carbocycles. The highest BCUT2D eigenvalue weighted by molar-refractivity contribution is 6.36. The van der Waals surface area contributed by atoms with Gasteiger partial charge >= 0.3 is 6.09 Å². The first-order valence-electron chi connectivity index (χ1n) is 9.50. The van der Waals surface area contributed by atoms with Crippen molar-refractivity contribution in [1.82, 2.24) is 9.80 Å². The fourth-order valence-corrected chi connectivity index (χ4v) is 3.22. The van der Waals surface area contributed by atoms with Crippen molar-refractivity contribution < 1.29 is 23.8 Å². The Bertz CT molecular complexity index is 753. The Hall–Kier alpha value is -1.57. The predicted molar refractivity (Wildman–Crippen MR) is 112 cm³/mol. The Morgan fingerprint density at radius 3 is 2.38 bits per heavy atom. The molecule has 164 valence electrons. The molecule has 6 nitrogen and oxygen atoms in total. The number of hydrogen-bond acceptors (Lipinski definition) is 4. The van der Waals surface area contributed by atoms with E-state index in [9.17, 15) is 19.1 Å². The Morgan fingerprint density at radius 2 is 1.86 bits per heavy atom. The third-order valence-electron chi connectivity index (χ3n) is 4.22. The number of aliphatic hydroxyl groups excluding tert-OH is 1. The van der Waals surface area contributed by atoms with Crippen molar-refractivity contribution in [3.8, 4) is 0 Å². The van der Waals surface area contributed by atoms with E-state index < -0.39 is 29.5 Å². The smallest absolute Gasteiger partial charge is 0.410 e. The summed E-state index contributed by atoms with van der Waals surface area (Å²) in [4.78, 5) is 27.8. The van der Waals surface area contributed by atoms with E-state index in [2.05, 4.69) is 0 Å². The van der Waals surface area contributed by atoms with Crippen LogP contribution in [0.5, 0.6) is 0 Å². The molecule has 1 atom stereocenters. The van der Waals surface area contributed by atoms with Crippen molar-refractivity contribution in [2.45, 2.75) is 53.2 Å². The fourth-order valence-electron chi connectivity index (χ4n) is 2.77. The SMILES string of the molecule is CC.Cc1c(Cl)cc(C(=O)N2CCN(C(=O)OC(C)(C)C)CC2CO)c(F)c1Cl. The maximum atomic E-state index is 14.5. The number of piperazine rings is 1. The maximum Gasteiger partial charge on any atom is 0.410 e. The van der Waals surface area contributed by atoms with Gasteiger partial charge in [0.1, 0.15) is 5.60 Å². The van der Waals surface area contributed by atoms with Gasteiger partial charge in [-0.2, -0.15) is 0 Å². The Balaban J connectivity index is 0.00000204. The van der Waals surface area contributed by atoms with E-state index in [1.54, 1.807) is 27.7 Å². The van der Waals surface area contributed by atoms with Crippen molar-refractivity contribution >= 4 is 35.2 Å². The summed E-state index contributed by atoms with van der Waals surface area (Å²) >= 11 is 11.9. The van der Waals surface area contributed by atoms with Crippen molar-refractivity contribution in [2.75, 3.05) is 26.2 Å². The number of halogens is 3. The Morgan fingerprint density at radius 1 is 1.28 bits per heavy atom. The zero-order valence-electron chi connectivity index (χ0n) is 17.7. The number of carbonyl (C=O) groups is 2. The standard InChI is InChI=1S/C18H23Cl2FN2O4.C2H6/c1-10-13(19)7-12(15(21)14(10)20)16(25)23-6-5-22(8-11(23)9-24)17(26)27-18(2,3)4;1-2/h7,11,24H,5-6,8-9H2,1-4H3;1-2H3. The van der Waals surface area contributed by atoms with Crippen molar-refractivity contribution in [1.29, 1.82) is 0 Å². The molecule has 0 bridgehead atoms. The zero-order valence-corrected chi connectivity index (χ0v) is 19.2. The lowest BCUT2D eigenvalue weighted by Crippen LogP contribution is -2.58. The van der Waals surface area contributed by atoms with Crippen LogP contribution in [0.25, 0.3) is 0 Å². The topological polar surface area (TPSA) is 70.1 Å². The highest BCUT2D eigenvalue weighted by Gasteiger charge is 2.35. The van der Waals surface area contributed by atoms with Gasteiger partial charge in [0, 0.05) is 24.7 Å². The molecule has 2 rings (SSSR count). The Labute approximate surface area is 181 Å². The summed E-state index contributed by atoms with van der Waals surface area (Å²) in [6, 6.07) is 0.534. The van der Waals surface area contributed by atoms with Crippen LogP contribution in [-0.4, -0.2) is 64.8 Å². The monoisotopic (exact) mass is 450 g/mol. The normalized spacial score (nSPS) is 16.8. The van der Waals surface area contributed by atoms with Crippen LogP contribution in [0.4, 0.5) is 9.18 Å². The van der Waals surface area contributed by atoms with E-state index in [1.807, 2.05) is 13.8 Å². The van der Waals surface area contributed by atoms with Gasteiger partial charge < -0.3 is 19.6 Å². The average Bonchev–Trinajstić information content (AvgIpc) is 2.68. The molecule has 1 N–H and O–H groups in total. The molecule has 1 fully saturated rings. The minimum Gasteiger partial charge on any atom is -0.444 e. The molecular weight excluding hydrogens is 422 g/mol. The highest BCUT2D eigenvalue weighted by Crippen LogP contribution is 2.30. The minimum absolute atomic E-state index is 0.0755. The second kappa shape index (κ2) is 10.5. The lowest BCUT2D eigenvalue weighted by atomic mass is 10.1. The number of amides is 2. The summed E-state index contributed by atoms with van der Waals surface area (Å²) in [5, 5.41) is 9.66. The molecule has 1 unspecified atom stereocenters. The quantitative estimate of drug-likeness (QED) is 0.672. The van der Waals surface area contributed by atoms with Crippen LogP contribution in [-0.2, 0) is 4.74 Å². The van der Waals surface area contributed by atoms with Gasteiger partial charge in [0.25, 0.3) is 5.91 Å². The van der Waals surface area contributed by atoms with Crippen molar-refractivity contribution in [3.05, 3.63) is 33.1 Å². The molecule has 2 amide bonds. The summed E-state index contributed by atoms with van der Waals surface area (Å²) in [6.07, 6.45) is -0.527. The summed E-state index contributed by atoms with van der Waals surface area (Å²) < 4.78 is 19.8. The van der Waals surface area contributed by atoms with E-state index >= 15 is 0 Å². The van der Waals surface area contributed by atoms with Crippen LogP contribution >= 0.6 is 23.2 Å². The maximum absolute atomic E-state index is 14.5. The molecule has 0 spiro atoms. The van der Waals surface area contributed by atoms with Crippen LogP contribution < -0.4 is 0 Å². The Kier molecular flexibility index (Phi) is 9.18. The number of nitrogens with zero attached hydrogens (tertiary/aromatic N) is 2. The molecule has 9 heteroatoms.